The molecule has 0 aromatic heterocycles. The van der Waals surface area contributed by atoms with Crippen LogP contribution in [0.3, 0.4) is 0 Å². The van der Waals surface area contributed by atoms with E-state index < -0.39 is 0 Å². The average Bonchev–Trinajstić information content (AvgIpc) is 2.68. The third-order valence-electron chi connectivity index (χ3n) is 4.28. The van der Waals surface area contributed by atoms with Crippen molar-refractivity contribution in [2.45, 2.75) is 32.1 Å². The highest BCUT2D eigenvalue weighted by molar-refractivity contribution is 6.42. The fraction of sp³-hybridized carbons (Fsp3) is 0.350. The van der Waals surface area contributed by atoms with Crippen molar-refractivity contribution in [2.75, 3.05) is 13.2 Å². The number of carbonyl (C=O) groups excluding carboxylic acids is 1. The zero-order valence-electron chi connectivity index (χ0n) is 14.3. The summed E-state index contributed by atoms with van der Waals surface area (Å²) in [4.78, 5) is 12.2. The van der Waals surface area contributed by atoms with Gasteiger partial charge in [-0.25, -0.2) is 0 Å². The molecular formula is C20H21Cl2NO3. The first kappa shape index (κ1) is 19.2. The van der Waals surface area contributed by atoms with Crippen LogP contribution in [0.5, 0.6) is 0 Å². The molecule has 1 fully saturated rings. The fourth-order valence-electron chi connectivity index (χ4n) is 2.81. The Balaban J connectivity index is 1.52. The van der Waals surface area contributed by atoms with Crippen molar-refractivity contribution >= 4 is 29.1 Å². The second-order valence-corrected chi connectivity index (χ2v) is 7.07. The van der Waals surface area contributed by atoms with Crippen LogP contribution in [0.2, 0.25) is 10.0 Å². The summed E-state index contributed by atoms with van der Waals surface area (Å²) in [6.45, 7) is 2.54. The lowest BCUT2D eigenvalue weighted by Gasteiger charge is -2.22. The van der Waals surface area contributed by atoms with E-state index in [-0.39, 0.29) is 12.0 Å². The Morgan fingerprint density at radius 3 is 2.62 bits per heavy atom. The van der Waals surface area contributed by atoms with Crippen LogP contribution < -0.4 is 5.32 Å². The largest absolute Gasteiger partial charge is 0.381 e. The number of hydrogen-bond acceptors (Lipinski definition) is 3. The number of amides is 1. The minimum atomic E-state index is -0.188. The summed E-state index contributed by atoms with van der Waals surface area (Å²) in [7, 11) is 0. The number of nitrogens with one attached hydrogen (secondary N) is 1. The summed E-state index contributed by atoms with van der Waals surface area (Å²) in [6, 6.07) is 12.9. The molecule has 0 spiro atoms. The Bertz CT molecular complexity index is 760. The van der Waals surface area contributed by atoms with Crippen molar-refractivity contribution in [2.24, 2.45) is 0 Å². The van der Waals surface area contributed by atoms with Gasteiger partial charge in [-0.15, -0.1) is 0 Å². The van der Waals surface area contributed by atoms with E-state index in [1.807, 2.05) is 18.2 Å². The van der Waals surface area contributed by atoms with Crippen LogP contribution in [0.15, 0.2) is 42.5 Å². The van der Waals surface area contributed by atoms with Gasteiger partial charge in [-0.1, -0.05) is 47.5 Å². The third kappa shape index (κ3) is 5.45. The lowest BCUT2D eigenvalue weighted by Crippen LogP contribution is -2.23. The van der Waals surface area contributed by atoms with Crippen molar-refractivity contribution in [1.29, 1.82) is 0 Å². The number of benzene rings is 2. The predicted molar refractivity (Wildman–Crippen MR) is 103 cm³/mol. The molecule has 2 aromatic rings. The number of carbonyl (C=O) groups is 1. The van der Waals surface area contributed by atoms with Gasteiger partial charge < -0.3 is 14.8 Å². The highest BCUT2D eigenvalue weighted by Gasteiger charge is 2.14. The minimum Gasteiger partial charge on any atom is -0.381 e. The zero-order valence-corrected chi connectivity index (χ0v) is 15.9. The maximum absolute atomic E-state index is 12.2. The third-order valence-corrected chi connectivity index (χ3v) is 5.02. The molecule has 0 atom stereocenters. The lowest BCUT2D eigenvalue weighted by atomic mass is 10.1. The van der Waals surface area contributed by atoms with Crippen LogP contribution in [0.1, 0.15) is 34.3 Å². The molecule has 0 unspecified atom stereocenters. The predicted octanol–water partition coefficient (Wildman–Crippen LogP) is 4.62. The summed E-state index contributed by atoms with van der Waals surface area (Å²) in [6.07, 6.45) is 2.15. The van der Waals surface area contributed by atoms with Crippen LogP contribution in [-0.4, -0.2) is 25.2 Å². The maximum atomic E-state index is 12.2. The standard InChI is InChI=1S/C20H21Cl2NO3/c21-18-5-4-16(11-19(18)22)20(24)23-12-14-2-1-3-15(10-14)13-26-17-6-8-25-9-7-17/h1-5,10-11,17H,6-9,12-13H2,(H,23,24). The molecule has 1 saturated heterocycles. The minimum absolute atomic E-state index is 0.188. The average molecular weight is 394 g/mol. The Labute approximate surface area is 163 Å². The summed E-state index contributed by atoms with van der Waals surface area (Å²) >= 11 is 11.8. The van der Waals surface area contributed by atoms with E-state index in [0.717, 1.165) is 37.2 Å². The van der Waals surface area contributed by atoms with Crippen molar-refractivity contribution in [3.8, 4) is 0 Å². The second kappa shape index (κ2) is 9.38. The van der Waals surface area contributed by atoms with Gasteiger partial charge in [0.25, 0.3) is 5.91 Å². The molecule has 0 bridgehead atoms. The van der Waals surface area contributed by atoms with Gasteiger partial charge in [0.1, 0.15) is 0 Å². The van der Waals surface area contributed by atoms with E-state index in [1.165, 1.54) is 0 Å². The molecule has 1 amide bonds. The van der Waals surface area contributed by atoms with Gasteiger partial charge in [0.15, 0.2) is 0 Å². The first-order valence-corrected chi connectivity index (χ1v) is 9.38. The summed E-state index contributed by atoms with van der Waals surface area (Å²) in [5, 5.41) is 3.69. The van der Waals surface area contributed by atoms with Gasteiger partial charge in [0.05, 0.1) is 22.8 Å². The Hall–Kier alpha value is -1.59. The molecular weight excluding hydrogens is 373 g/mol. The number of ether oxygens (including phenoxy) is 2. The topological polar surface area (TPSA) is 47.6 Å². The second-order valence-electron chi connectivity index (χ2n) is 6.25. The molecule has 26 heavy (non-hydrogen) atoms. The quantitative estimate of drug-likeness (QED) is 0.778. The van der Waals surface area contributed by atoms with Crippen molar-refractivity contribution in [1.82, 2.24) is 5.32 Å². The van der Waals surface area contributed by atoms with Crippen LogP contribution in [0.25, 0.3) is 0 Å². The van der Waals surface area contributed by atoms with Gasteiger partial charge in [-0.05, 0) is 42.2 Å². The number of rotatable bonds is 6. The van der Waals surface area contributed by atoms with Crippen LogP contribution in [0, 0.1) is 0 Å². The summed E-state index contributed by atoms with van der Waals surface area (Å²) in [5.41, 5.74) is 2.60. The van der Waals surface area contributed by atoms with Crippen LogP contribution >= 0.6 is 23.2 Å². The van der Waals surface area contributed by atoms with Crippen LogP contribution in [0.4, 0.5) is 0 Å². The molecule has 138 valence electrons. The molecule has 4 nitrogen and oxygen atoms in total. The fourth-order valence-corrected chi connectivity index (χ4v) is 3.11. The maximum Gasteiger partial charge on any atom is 0.251 e. The van der Waals surface area contributed by atoms with Crippen LogP contribution in [-0.2, 0) is 22.6 Å². The molecule has 6 heteroatoms. The highest BCUT2D eigenvalue weighted by atomic mass is 35.5. The number of halogens is 2. The normalized spacial score (nSPS) is 15.0. The first-order chi connectivity index (χ1) is 12.6. The molecule has 1 aliphatic rings. The first-order valence-electron chi connectivity index (χ1n) is 8.62. The van der Waals surface area contributed by atoms with E-state index in [0.29, 0.717) is 28.8 Å². The van der Waals surface area contributed by atoms with Gasteiger partial charge in [-0.2, -0.15) is 0 Å². The van der Waals surface area contributed by atoms with E-state index >= 15 is 0 Å². The van der Waals surface area contributed by atoms with Gasteiger partial charge in [0.2, 0.25) is 0 Å². The van der Waals surface area contributed by atoms with E-state index in [1.54, 1.807) is 18.2 Å². The van der Waals surface area contributed by atoms with E-state index in [9.17, 15) is 4.79 Å². The molecule has 1 aliphatic heterocycles. The smallest absolute Gasteiger partial charge is 0.251 e. The molecule has 0 saturated carbocycles. The molecule has 3 rings (SSSR count). The lowest BCUT2D eigenvalue weighted by molar-refractivity contribution is -0.0390. The van der Waals surface area contributed by atoms with Crippen molar-refractivity contribution < 1.29 is 14.3 Å². The molecule has 0 aliphatic carbocycles. The van der Waals surface area contributed by atoms with Gasteiger partial charge >= 0.3 is 0 Å². The number of hydrogen-bond donors (Lipinski definition) is 1. The van der Waals surface area contributed by atoms with Crippen molar-refractivity contribution in [3.63, 3.8) is 0 Å². The SMILES string of the molecule is O=C(NCc1cccc(COC2CCOCC2)c1)c1ccc(Cl)c(Cl)c1. The Morgan fingerprint density at radius 2 is 1.85 bits per heavy atom. The van der Waals surface area contributed by atoms with Gasteiger partial charge in [0, 0.05) is 25.3 Å². The summed E-state index contributed by atoms with van der Waals surface area (Å²) < 4.78 is 11.3. The van der Waals surface area contributed by atoms with Crippen molar-refractivity contribution in [3.05, 3.63) is 69.2 Å². The van der Waals surface area contributed by atoms with Gasteiger partial charge in [-0.3, -0.25) is 4.79 Å². The monoisotopic (exact) mass is 393 g/mol. The molecule has 0 radical (unpaired) electrons. The summed E-state index contributed by atoms with van der Waals surface area (Å²) in [5.74, 6) is -0.188. The van der Waals surface area contributed by atoms with E-state index in [2.05, 4.69) is 11.4 Å². The van der Waals surface area contributed by atoms with E-state index in [4.69, 9.17) is 32.7 Å². The molecule has 2 aromatic carbocycles. The Kier molecular flexibility index (Phi) is 6.92. The molecule has 1 heterocycles. The highest BCUT2D eigenvalue weighted by Crippen LogP contribution is 2.22. The molecule has 1 N–H and O–H groups in total. The Morgan fingerprint density at radius 1 is 1.08 bits per heavy atom. The zero-order chi connectivity index (χ0) is 18.4.